The van der Waals surface area contributed by atoms with E-state index < -0.39 is 0 Å². The molecule has 0 amide bonds. The number of hydrogen-bond acceptors (Lipinski definition) is 7. The van der Waals surface area contributed by atoms with Crippen LogP contribution in [0.3, 0.4) is 0 Å². The molecular weight excluding hydrogens is 701 g/mol. The van der Waals surface area contributed by atoms with E-state index >= 15 is 0 Å². The van der Waals surface area contributed by atoms with E-state index in [0.29, 0.717) is 41.1 Å². The third kappa shape index (κ3) is 10.3. The van der Waals surface area contributed by atoms with Crippen LogP contribution in [0.1, 0.15) is 172 Å². The summed E-state index contributed by atoms with van der Waals surface area (Å²) < 4.78 is 17.9. The van der Waals surface area contributed by atoms with Gasteiger partial charge < -0.3 is 24.4 Å². The second-order valence-corrected chi connectivity index (χ2v) is 19.6. The maximum absolute atomic E-state index is 12.8. The zero-order valence-electron chi connectivity index (χ0n) is 37.0. The number of esters is 2. The quantitative estimate of drug-likeness (QED) is 0.163. The molecule has 5 fully saturated rings. The molecule has 314 valence electrons. The maximum Gasteiger partial charge on any atom is 0.312 e. The molecule has 7 rings (SSSR count). The van der Waals surface area contributed by atoms with Gasteiger partial charge in [0, 0.05) is 6.07 Å². The Kier molecular flexibility index (Phi) is 15.1. The first-order valence-corrected chi connectivity index (χ1v) is 22.0. The molecule has 2 aromatic rings. The minimum atomic E-state index is -0.351. The van der Waals surface area contributed by atoms with Crippen LogP contribution < -0.4 is 4.74 Å². The number of carbonyl (C=O) groups excluding carboxylic acids is 2. The largest absolute Gasteiger partial charge is 0.504 e. The number of aromatic hydroxyl groups is 2. The Morgan fingerprint density at radius 3 is 1.59 bits per heavy atom. The number of phenols is 2. The Morgan fingerprint density at radius 2 is 1.16 bits per heavy atom. The van der Waals surface area contributed by atoms with Crippen molar-refractivity contribution in [3.05, 3.63) is 48.0 Å². The van der Waals surface area contributed by atoms with Crippen molar-refractivity contribution >= 4 is 11.9 Å². The minimum absolute atomic E-state index is 0.0226. The Bertz CT molecular complexity index is 1550. The molecule has 0 radical (unpaired) electrons. The van der Waals surface area contributed by atoms with Crippen LogP contribution in [-0.4, -0.2) is 33.4 Å². The standard InChI is InChI=1S/C19H32O2.C16H18O3.C14H26O2/c1-6-18(4,5)17(20)21-19(12(2)3)15-8-13-7-14(10-15)11-16(19)9-13;1-3-11(2)12-4-6-13(7-5-12)19-14-8-9-15(17)16(18)10-14;1-6-13(4,5)12(15)16-14(11(2)3)9-7-8-10-14/h12-16H,6-11H2,1-5H3;4-11,17-18H,3H2,1-2H3;11H,6-10H2,1-5H3. The highest BCUT2D eigenvalue weighted by molar-refractivity contribution is 5.77. The molecule has 1 unspecified atom stereocenters. The van der Waals surface area contributed by atoms with Crippen molar-refractivity contribution in [1.82, 2.24) is 0 Å². The van der Waals surface area contributed by atoms with Crippen molar-refractivity contribution in [2.75, 3.05) is 0 Å². The van der Waals surface area contributed by atoms with Gasteiger partial charge >= 0.3 is 11.9 Å². The molecule has 5 aliphatic rings. The zero-order valence-corrected chi connectivity index (χ0v) is 37.0. The highest BCUT2D eigenvalue weighted by Gasteiger charge is 2.61. The van der Waals surface area contributed by atoms with Crippen molar-refractivity contribution in [1.29, 1.82) is 0 Å². The maximum atomic E-state index is 12.8. The van der Waals surface area contributed by atoms with Crippen LogP contribution in [0.15, 0.2) is 42.5 Å². The molecule has 1 atom stereocenters. The lowest BCUT2D eigenvalue weighted by Gasteiger charge is -2.62. The predicted molar refractivity (Wildman–Crippen MR) is 226 cm³/mol. The highest BCUT2D eigenvalue weighted by atomic mass is 16.6. The number of phenolic OH excluding ortho intramolecular Hbond substituents is 2. The molecule has 4 bridgehead atoms. The summed E-state index contributed by atoms with van der Waals surface area (Å²) in [6.45, 7) is 25.3. The first-order chi connectivity index (χ1) is 26.2. The summed E-state index contributed by atoms with van der Waals surface area (Å²) in [5.41, 5.74) is 0.241. The summed E-state index contributed by atoms with van der Waals surface area (Å²) >= 11 is 0. The molecule has 2 aromatic carbocycles. The van der Waals surface area contributed by atoms with Gasteiger partial charge in [0.1, 0.15) is 22.7 Å². The second kappa shape index (κ2) is 18.6. The molecule has 0 aliphatic heterocycles. The van der Waals surface area contributed by atoms with Crippen LogP contribution in [-0.2, 0) is 19.1 Å². The van der Waals surface area contributed by atoms with E-state index in [1.807, 2.05) is 58.9 Å². The van der Waals surface area contributed by atoms with Gasteiger partial charge in [0.25, 0.3) is 0 Å². The lowest BCUT2D eigenvalue weighted by atomic mass is 9.47. The Morgan fingerprint density at radius 1 is 0.679 bits per heavy atom. The van der Waals surface area contributed by atoms with E-state index in [2.05, 4.69) is 48.5 Å². The second-order valence-electron chi connectivity index (χ2n) is 19.6. The van der Waals surface area contributed by atoms with E-state index in [9.17, 15) is 19.8 Å². The molecule has 5 aliphatic carbocycles. The van der Waals surface area contributed by atoms with Crippen LogP contribution in [0, 0.1) is 46.3 Å². The van der Waals surface area contributed by atoms with E-state index in [-0.39, 0.29) is 45.5 Å². The van der Waals surface area contributed by atoms with Crippen LogP contribution in [0.5, 0.6) is 23.0 Å². The molecule has 0 spiro atoms. The molecule has 7 nitrogen and oxygen atoms in total. The summed E-state index contributed by atoms with van der Waals surface area (Å²) in [6.07, 6.45) is 13.9. The van der Waals surface area contributed by atoms with Crippen molar-refractivity contribution < 1.29 is 34.0 Å². The third-order valence-electron chi connectivity index (χ3n) is 14.5. The number of carbonyl (C=O) groups is 2. The number of benzene rings is 2. The normalized spacial score (nSPS) is 25.5. The fourth-order valence-electron chi connectivity index (χ4n) is 9.63. The van der Waals surface area contributed by atoms with Crippen LogP contribution >= 0.6 is 0 Å². The summed E-state index contributed by atoms with van der Waals surface area (Å²) in [6, 6.07) is 12.3. The van der Waals surface area contributed by atoms with Gasteiger partial charge in [0.05, 0.1) is 10.8 Å². The van der Waals surface area contributed by atoms with Crippen LogP contribution in [0.25, 0.3) is 0 Å². The number of hydrogen-bond donors (Lipinski definition) is 2. The Labute approximate surface area is 339 Å². The van der Waals surface area contributed by atoms with Gasteiger partial charge in [0.2, 0.25) is 0 Å². The molecule has 0 aromatic heterocycles. The van der Waals surface area contributed by atoms with Gasteiger partial charge in [-0.2, -0.15) is 0 Å². The SMILES string of the molecule is CCC(C)(C)C(=O)OC1(C(C)C)C2CC3CC(C2)CC1C3.CCC(C)(C)C(=O)OC1(C(C)C)CCCC1.CCC(C)c1ccc(Oc2ccc(O)c(O)c2)cc1. The minimum Gasteiger partial charge on any atom is -0.504 e. The van der Waals surface area contributed by atoms with Gasteiger partial charge in [0.15, 0.2) is 11.5 Å². The molecule has 7 heteroatoms. The average molecular weight is 777 g/mol. The molecule has 5 saturated carbocycles. The van der Waals surface area contributed by atoms with Gasteiger partial charge in [-0.25, -0.2) is 0 Å². The Hall–Kier alpha value is -3.22. The van der Waals surface area contributed by atoms with Gasteiger partial charge in [-0.3, -0.25) is 9.59 Å². The lowest BCUT2D eigenvalue weighted by Crippen LogP contribution is -2.63. The monoisotopic (exact) mass is 777 g/mol. The summed E-state index contributed by atoms with van der Waals surface area (Å²) in [5.74, 6) is 5.32. The van der Waals surface area contributed by atoms with E-state index in [1.165, 1.54) is 62.6 Å². The molecular formula is C49H76O7. The van der Waals surface area contributed by atoms with Crippen molar-refractivity contribution in [3.8, 4) is 23.0 Å². The first kappa shape index (κ1) is 45.5. The predicted octanol–water partition coefficient (Wildman–Crippen LogP) is 13.2. The summed E-state index contributed by atoms with van der Waals surface area (Å²) in [4.78, 5) is 24.9. The van der Waals surface area contributed by atoms with Crippen molar-refractivity contribution in [2.24, 2.45) is 46.3 Å². The van der Waals surface area contributed by atoms with Gasteiger partial charge in [-0.15, -0.1) is 0 Å². The van der Waals surface area contributed by atoms with Crippen molar-refractivity contribution in [3.63, 3.8) is 0 Å². The van der Waals surface area contributed by atoms with Crippen LogP contribution in [0.4, 0.5) is 0 Å². The smallest absolute Gasteiger partial charge is 0.312 e. The third-order valence-corrected chi connectivity index (χ3v) is 14.5. The topological polar surface area (TPSA) is 102 Å². The average Bonchev–Trinajstić information content (AvgIpc) is 3.64. The van der Waals surface area contributed by atoms with Crippen molar-refractivity contribution in [2.45, 2.75) is 177 Å². The molecule has 0 saturated heterocycles. The highest BCUT2D eigenvalue weighted by Crippen LogP contribution is 2.62. The number of rotatable bonds is 12. The lowest BCUT2D eigenvalue weighted by molar-refractivity contribution is -0.231. The van der Waals surface area contributed by atoms with Gasteiger partial charge in [-0.1, -0.05) is 67.5 Å². The molecule has 0 heterocycles. The Balaban J connectivity index is 0.000000189. The fourth-order valence-corrected chi connectivity index (χ4v) is 9.63. The van der Waals surface area contributed by atoms with E-state index in [4.69, 9.17) is 14.2 Å². The molecule has 2 N–H and O–H groups in total. The van der Waals surface area contributed by atoms with Gasteiger partial charge in [-0.05, 0) is 176 Å². The van der Waals surface area contributed by atoms with E-state index in [1.54, 1.807) is 6.07 Å². The van der Waals surface area contributed by atoms with E-state index in [0.717, 1.165) is 43.9 Å². The number of ether oxygens (including phenoxy) is 3. The fraction of sp³-hybridized carbons (Fsp3) is 0.714. The summed E-state index contributed by atoms with van der Waals surface area (Å²) in [7, 11) is 0. The first-order valence-electron chi connectivity index (χ1n) is 22.0. The zero-order chi connectivity index (χ0) is 41.6. The van der Waals surface area contributed by atoms with Crippen LogP contribution in [0.2, 0.25) is 0 Å². The summed E-state index contributed by atoms with van der Waals surface area (Å²) in [5, 5.41) is 18.6. The molecule has 56 heavy (non-hydrogen) atoms.